The van der Waals surface area contributed by atoms with Gasteiger partial charge in [-0.2, -0.15) is 0 Å². The van der Waals surface area contributed by atoms with E-state index in [2.05, 4.69) is 19.2 Å². The van der Waals surface area contributed by atoms with Gasteiger partial charge in [0.1, 0.15) is 5.72 Å². The van der Waals surface area contributed by atoms with Crippen LogP contribution in [0.2, 0.25) is 0 Å². The summed E-state index contributed by atoms with van der Waals surface area (Å²) in [6, 6.07) is 0. The van der Waals surface area contributed by atoms with Crippen molar-refractivity contribution in [3.63, 3.8) is 0 Å². The molecule has 3 nitrogen and oxygen atoms in total. The first-order chi connectivity index (χ1) is 6.68. The Bertz CT molecular complexity index is 196. The fourth-order valence-electron chi connectivity index (χ4n) is 2.37. The molecule has 3 heteroatoms. The minimum atomic E-state index is -0.179. The van der Waals surface area contributed by atoms with Crippen molar-refractivity contribution in [3.05, 3.63) is 0 Å². The highest BCUT2D eigenvalue weighted by Gasteiger charge is 2.42. The summed E-state index contributed by atoms with van der Waals surface area (Å²) >= 11 is 0. The summed E-state index contributed by atoms with van der Waals surface area (Å²) in [4.78, 5) is 0. The lowest BCUT2D eigenvalue weighted by molar-refractivity contribution is -0.187. The Kier molecular flexibility index (Phi) is 2.82. The zero-order valence-corrected chi connectivity index (χ0v) is 9.27. The number of hydrogen-bond acceptors (Lipinski definition) is 3. The second-order valence-corrected chi connectivity index (χ2v) is 4.79. The van der Waals surface area contributed by atoms with Crippen LogP contribution in [0.1, 0.15) is 39.5 Å². The third-order valence-corrected chi connectivity index (χ3v) is 3.55. The number of hydrogen-bond donors (Lipinski definition) is 1. The fourth-order valence-corrected chi connectivity index (χ4v) is 2.37. The van der Waals surface area contributed by atoms with Crippen LogP contribution in [0.25, 0.3) is 0 Å². The van der Waals surface area contributed by atoms with Crippen LogP contribution in [0.5, 0.6) is 0 Å². The molecule has 2 aliphatic rings. The van der Waals surface area contributed by atoms with Crippen LogP contribution in [-0.4, -0.2) is 31.1 Å². The Hall–Kier alpha value is -0.120. The maximum absolute atomic E-state index is 5.87. The number of rotatable bonds is 1. The van der Waals surface area contributed by atoms with Crippen LogP contribution >= 0.6 is 0 Å². The maximum atomic E-state index is 5.87. The van der Waals surface area contributed by atoms with E-state index >= 15 is 0 Å². The van der Waals surface area contributed by atoms with Gasteiger partial charge < -0.3 is 9.47 Å². The van der Waals surface area contributed by atoms with Crippen LogP contribution in [0.4, 0.5) is 0 Å². The molecule has 14 heavy (non-hydrogen) atoms. The van der Waals surface area contributed by atoms with E-state index in [0.29, 0.717) is 6.61 Å². The molecule has 2 atom stereocenters. The van der Waals surface area contributed by atoms with E-state index in [-0.39, 0.29) is 11.3 Å². The van der Waals surface area contributed by atoms with E-state index in [1.165, 1.54) is 0 Å². The molecular formula is C11H21NO2. The van der Waals surface area contributed by atoms with Gasteiger partial charge in [0.05, 0.1) is 13.2 Å². The molecule has 0 radical (unpaired) electrons. The van der Waals surface area contributed by atoms with Crippen LogP contribution in [0.15, 0.2) is 0 Å². The third-order valence-electron chi connectivity index (χ3n) is 3.55. The molecule has 2 unspecified atom stereocenters. The normalized spacial score (nSPS) is 44.1. The lowest BCUT2D eigenvalue weighted by atomic mass is 9.89. The second-order valence-electron chi connectivity index (χ2n) is 4.79. The molecule has 82 valence electrons. The van der Waals surface area contributed by atoms with Gasteiger partial charge in [0.15, 0.2) is 0 Å². The molecule has 0 aromatic carbocycles. The summed E-state index contributed by atoms with van der Waals surface area (Å²) in [6.07, 6.45) is 4.44. The van der Waals surface area contributed by atoms with E-state index in [1.54, 1.807) is 0 Å². The Morgan fingerprint density at radius 2 is 2.14 bits per heavy atom. The first-order valence-corrected chi connectivity index (χ1v) is 5.69. The van der Waals surface area contributed by atoms with Crippen LogP contribution in [0.3, 0.4) is 0 Å². The smallest absolute Gasteiger partial charge is 0.143 e. The minimum Gasteiger partial charge on any atom is -0.377 e. The zero-order chi connectivity index (χ0) is 10.1. The molecule has 0 aromatic heterocycles. The molecule has 1 spiro atoms. The average molecular weight is 199 g/mol. The number of ether oxygens (including phenoxy) is 2. The molecule has 2 aliphatic heterocycles. The van der Waals surface area contributed by atoms with Crippen LogP contribution < -0.4 is 5.32 Å². The van der Waals surface area contributed by atoms with Crippen LogP contribution in [-0.2, 0) is 9.47 Å². The maximum Gasteiger partial charge on any atom is 0.143 e. The van der Waals surface area contributed by atoms with Gasteiger partial charge in [-0.05, 0) is 32.6 Å². The molecule has 0 bridgehead atoms. The Labute approximate surface area is 86.2 Å². The van der Waals surface area contributed by atoms with Crippen molar-refractivity contribution in [1.29, 1.82) is 0 Å². The summed E-state index contributed by atoms with van der Waals surface area (Å²) < 4.78 is 11.4. The lowest BCUT2D eigenvalue weighted by Crippen LogP contribution is -2.65. The lowest BCUT2D eigenvalue weighted by Gasteiger charge is -2.49. The topological polar surface area (TPSA) is 30.5 Å². The van der Waals surface area contributed by atoms with Crippen LogP contribution in [0, 0.1) is 0 Å². The first-order valence-electron chi connectivity index (χ1n) is 5.69. The van der Waals surface area contributed by atoms with Crippen molar-refractivity contribution >= 4 is 0 Å². The van der Waals surface area contributed by atoms with Gasteiger partial charge in [0, 0.05) is 12.1 Å². The van der Waals surface area contributed by atoms with Gasteiger partial charge in [-0.25, -0.2) is 0 Å². The van der Waals surface area contributed by atoms with Gasteiger partial charge in [-0.3, -0.25) is 5.32 Å². The fraction of sp³-hybridized carbons (Fsp3) is 1.00. The molecule has 2 heterocycles. The van der Waals surface area contributed by atoms with Crippen molar-refractivity contribution in [1.82, 2.24) is 5.32 Å². The average Bonchev–Trinajstić information content (AvgIpc) is 2.19. The molecule has 2 fully saturated rings. The monoisotopic (exact) mass is 199 g/mol. The second kappa shape index (κ2) is 3.80. The molecular weight excluding hydrogens is 178 g/mol. The molecule has 2 saturated heterocycles. The predicted molar refractivity (Wildman–Crippen MR) is 55.2 cm³/mol. The number of nitrogens with one attached hydrogen (secondary N) is 1. The third kappa shape index (κ3) is 1.95. The highest BCUT2D eigenvalue weighted by molar-refractivity contribution is 4.95. The highest BCUT2D eigenvalue weighted by Crippen LogP contribution is 2.31. The highest BCUT2D eigenvalue weighted by atomic mass is 16.6. The summed E-state index contributed by atoms with van der Waals surface area (Å²) in [7, 11) is 0. The Morgan fingerprint density at radius 3 is 2.79 bits per heavy atom. The summed E-state index contributed by atoms with van der Waals surface area (Å²) in [5.74, 6) is 0. The van der Waals surface area contributed by atoms with E-state index in [1.807, 2.05) is 0 Å². The Morgan fingerprint density at radius 1 is 1.29 bits per heavy atom. The molecule has 0 saturated carbocycles. The van der Waals surface area contributed by atoms with E-state index in [9.17, 15) is 0 Å². The van der Waals surface area contributed by atoms with E-state index in [4.69, 9.17) is 9.47 Å². The van der Waals surface area contributed by atoms with Gasteiger partial charge in [0.2, 0.25) is 0 Å². The molecule has 0 aromatic rings. The summed E-state index contributed by atoms with van der Waals surface area (Å²) in [5, 5.41) is 3.65. The summed E-state index contributed by atoms with van der Waals surface area (Å²) in [6.45, 7) is 6.97. The van der Waals surface area contributed by atoms with Crippen molar-refractivity contribution in [3.8, 4) is 0 Å². The van der Waals surface area contributed by atoms with Gasteiger partial charge >= 0.3 is 0 Å². The minimum absolute atomic E-state index is 0.179. The van der Waals surface area contributed by atoms with Crippen molar-refractivity contribution in [2.75, 3.05) is 19.8 Å². The van der Waals surface area contributed by atoms with Crippen molar-refractivity contribution < 1.29 is 9.47 Å². The zero-order valence-electron chi connectivity index (χ0n) is 9.27. The van der Waals surface area contributed by atoms with E-state index in [0.717, 1.165) is 38.9 Å². The molecule has 1 N–H and O–H groups in total. The van der Waals surface area contributed by atoms with Gasteiger partial charge in [-0.15, -0.1) is 0 Å². The van der Waals surface area contributed by atoms with E-state index < -0.39 is 0 Å². The standard InChI is InChI=1S/C11H21NO2/c1-3-10(2)6-8-14-11(12-10)5-4-7-13-9-11/h12H,3-9H2,1-2H3. The largest absolute Gasteiger partial charge is 0.377 e. The SMILES string of the molecule is CCC1(C)CCOC2(CCCOC2)N1. The van der Waals surface area contributed by atoms with Gasteiger partial charge in [0.25, 0.3) is 0 Å². The van der Waals surface area contributed by atoms with Crippen molar-refractivity contribution in [2.24, 2.45) is 0 Å². The van der Waals surface area contributed by atoms with Crippen molar-refractivity contribution in [2.45, 2.75) is 50.8 Å². The predicted octanol–water partition coefficient (Wildman–Crippen LogP) is 1.67. The quantitative estimate of drug-likeness (QED) is 0.697. The molecule has 0 amide bonds. The summed E-state index contributed by atoms with van der Waals surface area (Å²) in [5.41, 5.74) is 0.0558. The van der Waals surface area contributed by atoms with Gasteiger partial charge in [-0.1, -0.05) is 6.92 Å². The first kappa shape index (κ1) is 10.4. The molecule has 2 rings (SSSR count). The Balaban J connectivity index is 2.04. The molecule has 0 aliphatic carbocycles.